The SMILES string of the molecule is CCC1(CC)CCN(c2nnccc2C(=O)O)C1. The van der Waals surface area contributed by atoms with E-state index in [4.69, 9.17) is 0 Å². The molecular formula is C13H19N3O2. The molecule has 1 fully saturated rings. The van der Waals surface area contributed by atoms with Crippen LogP contribution in [-0.2, 0) is 0 Å². The molecule has 1 aromatic heterocycles. The van der Waals surface area contributed by atoms with Gasteiger partial charge < -0.3 is 10.0 Å². The summed E-state index contributed by atoms with van der Waals surface area (Å²) in [5.41, 5.74) is 0.542. The molecule has 0 saturated carbocycles. The van der Waals surface area contributed by atoms with Gasteiger partial charge in [0.15, 0.2) is 5.82 Å². The summed E-state index contributed by atoms with van der Waals surface area (Å²) in [6.07, 6.45) is 4.75. The molecule has 2 rings (SSSR count). The minimum absolute atomic E-state index is 0.244. The number of hydrogen-bond acceptors (Lipinski definition) is 4. The number of anilines is 1. The van der Waals surface area contributed by atoms with Crippen molar-refractivity contribution in [2.45, 2.75) is 33.1 Å². The molecule has 0 aromatic carbocycles. The lowest BCUT2D eigenvalue weighted by Gasteiger charge is -2.26. The Bertz CT molecular complexity index is 444. The predicted octanol–water partition coefficient (Wildman–Crippen LogP) is 2.19. The summed E-state index contributed by atoms with van der Waals surface area (Å²) in [5.74, 6) is -0.431. The maximum Gasteiger partial charge on any atom is 0.339 e. The summed E-state index contributed by atoms with van der Waals surface area (Å²) in [6, 6.07) is 1.52. The van der Waals surface area contributed by atoms with Gasteiger partial charge in [0.2, 0.25) is 0 Å². The molecule has 1 aliphatic heterocycles. The molecular weight excluding hydrogens is 230 g/mol. The summed E-state index contributed by atoms with van der Waals surface area (Å²) in [6.45, 7) is 6.13. The summed E-state index contributed by atoms with van der Waals surface area (Å²) >= 11 is 0. The molecule has 0 atom stereocenters. The molecule has 1 N–H and O–H groups in total. The number of carboxylic acids is 1. The second kappa shape index (κ2) is 4.92. The number of nitrogens with zero attached hydrogens (tertiary/aromatic N) is 3. The molecule has 0 unspecified atom stereocenters. The Kier molecular flexibility index (Phi) is 3.50. The lowest BCUT2D eigenvalue weighted by molar-refractivity contribution is 0.0697. The summed E-state index contributed by atoms with van der Waals surface area (Å²) < 4.78 is 0. The first-order valence-electron chi connectivity index (χ1n) is 6.42. The molecule has 0 radical (unpaired) electrons. The van der Waals surface area contributed by atoms with Gasteiger partial charge in [-0.2, -0.15) is 5.10 Å². The minimum Gasteiger partial charge on any atom is -0.478 e. The Morgan fingerprint density at radius 3 is 2.78 bits per heavy atom. The van der Waals surface area contributed by atoms with Crippen LogP contribution in [0.4, 0.5) is 5.82 Å². The minimum atomic E-state index is -0.939. The van der Waals surface area contributed by atoms with Crippen LogP contribution in [0.3, 0.4) is 0 Å². The van der Waals surface area contributed by atoms with Gasteiger partial charge in [-0.05, 0) is 30.7 Å². The van der Waals surface area contributed by atoms with Crippen molar-refractivity contribution in [3.05, 3.63) is 17.8 Å². The highest BCUT2D eigenvalue weighted by atomic mass is 16.4. The third-order valence-electron chi connectivity index (χ3n) is 4.17. The van der Waals surface area contributed by atoms with Crippen molar-refractivity contribution in [2.75, 3.05) is 18.0 Å². The molecule has 5 nitrogen and oxygen atoms in total. The molecule has 0 spiro atoms. The van der Waals surface area contributed by atoms with Crippen LogP contribution in [0.15, 0.2) is 12.3 Å². The highest BCUT2D eigenvalue weighted by Gasteiger charge is 2.36. The van der Waals surface area contributed by atoms with Gasteiger partial charge in [-0.25, -0.2) is 4.79 Å². The maximum absolute atomic E-state index is 11.2. The number of carbonyl (C=O) groups is 1. The summed E-state index contributed by atoms with van der Waals surface area (Å²) in [4.78, 5) is 13.2. The largest absolute Gasteiger partial charge is 0.478 e. The normalized spacial score (nSPS) is 18.0. The number of aromatic carboxylic acids is 1. The Hall–Kier alpha value is -1.65. The number of carboxylic acid groups (broad SMARTS) is 1. The standard InChI is InChI=1S/C13H19N3O2/c1-3-13(4-2)6-8-16(9-13)11-10(12(17)18)5-7-14-15-11/h5,7H,3-4,6,8-9H2,1-2H3,(H,17,18). The van der Waals surface area contributed by atoms with Gasteiger partial charge in [-0.1, -0.05) is 13.8 Å². The summed E-state index contributed by atoms with van der Waals surface area (Å²) in [5, 5.41) is 17.0. The van der Waals surface area contributed by atoms with Gasteiger partial charge in [-0.3, -0.25) is 0 Å². The number of aromatic nitrogens is 2. The average Bonchev–Trinajstić information content (AvgIpc) is 2.83. The van der Waals surface area contributed by atoms with Gasteiger partial charge in [-0.15, -0.1) is 5.10 Å². The van der Waals surface area contributed by atoms with E-state index in [-0.39, 0.29) is 5.56 Å². The zero-order chi connectivity index (χ0) is 13.2. The predicted molar refractivity (Wildman–Crippen MR) is 68.8 cm³/mol. The molecule has 98 valence electrons. The van der Waals surface area contributed by atoms with Crippen molar-refractivity contribution in [3.8, 4) is 0 Å². The lowest BCUT2D eigenvalue weighted by atomic mass is 9.82. The van der Waals surface area contributed by atoms with E-state index >= 15 is 0 Å². The van der Waals surface area contributed by atoms with E-state index in [1.54, 1.807) is 0 Å². The zero-order valence-corrected chi connectivity index (χ0v) is 10.9. The van der Waals surface area contributed by atoms with Crippen molar-refractivity contribution in [2.24, 2.45) is 5.41 Å². The molecule has 2 heterocycles. The number of rotatable bonds is 4. The van der Waals surface area contributed by atoms with E-state index in [9.17, 15) is 9.90 Å². The molecule has 1 aliphatic rings. The van der Waals surface area contributed by atoms with E-state index in [1.807, 2.05) is 0 Å². The van der Waals surface area contributed by atoms with Gasteiger partial charge >= 0.3 is 5.97 Å². The van der Waals surface area contributed by atoms with Crippen LogP contribution in [0.2, 0.25) is 0 Å². The number of hydrogen-bond donors (Lipinski definition) is 1. The molecule has 5 heteroatoms. The Morgan fingerprint density at radius 1 is 1.50 bits per heavy atom. The van der Waals surface area contributed by atoms with Gasteiger partial charge in [0.1, 0.15) is 5.56 Å². The highest BCUT2D eigenvalue weighted by Crippen LogP contribution is 2.39. The van der Waals surface area contributed by atoms with Gasteiger partial charge in [0.25, 0.3) is 0 Å². The maximum atomic E-state index is 11.2. The highest BCUT2D eigenvalue weighted by molar-refractivity contribution is 5.93. The van der Waals surface area contributed by atoms with E-state index in [2.05, 4.69) is 28.9 Å². The third kappa shape index (κ3) is 2.17. The fourth-order valence-corrected chi connectivity index (χ4v) is 2.67. The van der Waals surface area contributed by atoms with Crippen LogP contribution in [0.25, 0.3) is 0 Å². The third-order valence-corrected chi connectivity index (χ3v) is 4.17. The first-order valence-corrected chi connectivity index (χ1v) is 6.42. The van der Waals surface area contributed by atoms with Crippen molar-refractivity contribution < 1.29 is 9.90 Å². The fraction of sp³-hybridized carbons (Fsp3) is 0.615. The zero-order valence-electron chi connectivity index (χ0n) is 10.9. The van der Waals surface area contributed by atoms with Crippen molar-refractivity contribution in [1.82, 2.24) is 10.2 Å². The van der Waals surface area contributed by atoms with Crippen LogP contribution in [-0.4, -0.2) is 34.4 Å². The fourth-order valence-electron chi connectivity index (χ4n) is 2.67. The molecule has 0 aliphatic carbocycles. The van der Waals surface area contributed by atoms with Gasteiger partial charge in [0.05, 0.1) is 6.20 Å². The van der Waals surface area contributed by atoms with Crippen LogP contribution in [0, 0.1) is 5.41 Å². The molecule has 0 bridgehead atoms. The van der Waals surface area contributed by atoms with E-state index < -0.39 is 5.97 Å². The molecule has 1 aromatic rings. The van der Waals surface area contributed by atoms with E-state index in [1.165, 1.54) is 12.3 Å². The van der Waals surface area contributed by atoms with Crippen molar-refractivity contribution >= 4 is 11.8 Å². The average molecular weight is 249 g/mol. The molecule has 1 saturated heterocycles. The van der Waals surface area contributed by atoms with Crippen molar-refractivity contribution in [3.63, 3.8) is 0 Å². The van der Waals surface area contributed by atoms with E-state index in [0.717, 1.165) is 32.4 Å². The summed E-state index contributed by atoms with van der Waals surface area (Å²) in [7, 11) is 0. The second-order valence-corrected chi connectivity index (χ2v) is 4.95. The van der Waals surface area contributed by atoms with Gasteiger partial charge in [0, 0.05) is 13.1 Å². The van der Waals surface area contributed by atoms with Crippen molar-refractivity contribution in [1.29, 1.82) is 0 Å². The Labute approximate surface area is 107 Å². The van der Waals surface area contributed by atoms with Crippen LogP contribution >= 0.6 is 0 Å². The lowest BCUT2D eigenvalue weighted by Crippen LogP contribution is -2.28. The van der Waals surface area contributed by atoms with Crippen LogP contribution in [0.5, 0.6) is 0 Å². The quantitative estimate of drug-likeness (QED) is 0.886. The second-order valence-electron chi connectivity index (χ2n) is 4.95. The monoisotopic (exact) mass is 249 g/mol. The topological polar surface area (TPSA) is 66.3 Å². The molecule has 18 heavy (non-hydrogen) atoms. The smallest absolute Gasteiger partial charge is 0.339 e. The van der Waals surface area contributed by atoms with Crippen LogP contribution in [0.1, 0.15) is 43.5 Å². The first-order chi connectivity index (χ1) is 8.62. The van der Waals surface area contributed by atoms with Crippen LogP contribution < -0.4 is 4.90 Å². The molecule has 0 amide bonds. The Morgan fingerprint density at radius 2 is 2.22 bits per heavy atom. The van der Waals surface area contributed by atoms with E-state index in [0.29, 0.717) is 11.2 Å². The Balaban J connectivity index is 2.27. The first kappa shape index (κ1) is 12.8.